The third-order valence-corrected chi connectivity index (χ3v) is 5.02. The van der Waals surface area contributed by atoms with Gasteiger partial charge >= 0.3 is 5.97 Å². The number of nitrogens with zero attached hydrogens (tertiary/aromatic N) is 3. The topological polar surface area (TPSA) is 114 Å². The van der Waals surface area contributed by atoms with Crippen molar-refractivity contribution in [3.63, 3.8) is 0 Å². The second kappa shape index (κ2) is 10.5. The highest BCUT2D eigenvalue weighted by molar-refractivity contribution is 6.06. The first kappa shape index (κ1) is 23.6. The Bertz CT molecular complexity index is 1180. The van der Waals surface area contributed by atoms with E-state index in [1.807, 2.05) is 37.3 Å². The normalized spacial score (nSPS) is 12.1. The molecule has 8 nitrogen and oxygen atoms in total. The van der Waals surface area contributed by atoms with Crippen molar-refractivity contribution in [2.75, 3.05) is 0 Å². The lowest BCUT2D eigenvalue weighted by Crippen LogP contribution is -2.44. The zero-order valence-electron chi connectivity index (χ0n) is 18.7. The number of carbonyl (C=O) groups is 3. The highest BCUT2D eigenvalue weighted by Gasteiger charge is 2.23. The fraction of sp³-hybridized carbons (Fsp3) is 0.240. The number of hydrogen-bond acceptors (Lipinski definition) is 5. The molecule has 3 rings (SSSR count). The molecule has 1 heterocycles. The Balaban J connectivity index is 1.63. The van der Waals surface area contributed by atoms with Crippen LogP contribution in [0, 0.1) is 12.8 Å². The summed E-state index contributed by atoms with van der Waals surface area (Å²) in [6.45, 7) is 5.82. The van der Waals surface area contributed by atoms with E-state index in [4.69, 9.17) is 0 Å². The Labute approximate surface area is 192 Å². The smallest absolute Gasteiger partial charge is 0.326 e. The number of carboxylic acid groups (broad SMARTS) is 1. The molecule has 0 unspecified atom stereocenters. The van der Waals surface area contributed by atoms with E-state index in [-0.39, 0.29) is 17.5 Å². The van der Waals surface area contributed by atoms with Gasteiger partial charge in [-0.05, 0) is 30.5 Å². The number of aliphatic carboxylic acids is 1. The number of aryl methyl sites for hydroxylation is 1. The zero-order chi connectivity index (χ0) is 24.0. The zero-order valence-corrected chi connectivity index (χ0v) is 18.7. The van der Waals surface area contributed by atoms with Gasteiger partial charge in [0.15, 0.2) is 0 Å². The van der Waals surface area contributed by atoms with E-state index in [1.165, 1.54) is 6.33 Å². The molecule has 2 N–H and O–H groups in total. The third kappa shape index (κ3) is 6.22. The summed E-state index contributed by atoms with van der Waals surface area (Å²) in [5, 5.41) is 16.1. The maximum absolute atomic E-state index is 12.5. The minimum Gasteiger partial charge on any atom is -0.480 e. The second-order valence-corrected chi connectivity index (χ2v) is 8.05. The van der Waals surface area contributed by atoms with Gasteiger partial charge in [-0.2, -0.15) is 0 Å². The molecule has 0 spiro atoms. The first-order chi connectivity index (χ1) is 15.7. The average Bonchev–Trinajstić information content (AvgIpc) is 3.26. The van der Waals surface area contributed by atoms with Crippen molar-refractivity contribution in [2.24, 2.45) is 5.92 Å². The van der Waals surface area contributed by atoms with Crippen molar-refractivity contribution < 1.29 is 19.5 Å². The van der Waals surface area contributed by atoms with Crippen LogP contribution in [-0.2, 0) is 11.3 Å². The van der Waals surface area contributed by atoms with E-state index in [2.05, 4.69) is 15.4 Å². The van der Waals surface area contributed by atoms with Gasteiger partial charge in [0.25, 0.3) is 5.91 Å². The van der Waals surface area contributed by atoms with Crippen LogP contribution in [0.5, 0.6) is 0 Å². The summed E-state index contributed by atoms with van der Waals surface area (Å²) in [6.07, 6.45) is 5.14. The van der Waals surface area contributed by atoms with Crippen LogP contribution in [0.3, 0.4) is 0 Å². The Kier molecular flexibility index (Phi) is 7.50. The van der Waals surface area contributed by atoms with Crippen LogP contribution in [0.25, 0.3) is 6.08 Å². The minimum absolute atomic E-state index is 0.129. The van der Waals surface area contributed by atoms with Crippen LogP contribution >= 0.6 is 0 Å². The summed E-state index contributed by atoms with van der Waals surface area (Å²) in [5.74, 6) is -1.86. The molecule has 0 bridgehead atoms. The molecule has 3 aromatic rings. The van der Waals surface area contributed by atoms with E-state index in [0.717, 1.165) is 11.1 Å². The molecule has 0 aliphatic heterocycles. The number of amides is 1. The number of hydrogen-bond donors (Lipinski definition) is 2. The van der Waals surface area contributed by atoms with E-state index >= 15 is 0 Å². The van der Waals surface area contributed by atoms with Gasteiger partial charge in [0.1, 0.15) is 12.4 Å². The average molecular weight is 447 g/mol. The van der Waals surface area contributed by atoms with Gasteiger partial charge in [0.2, 0.25) is 11.6 Å². The number of ketones is 1. The van der Waals surface area contributed by atoms with Gasteiger partial charge < -0.3 is 10.4 Å². The van der Waals surface area contributed by atoms with Crippen LogP contribution < -0.4 is 5.32 Å². The molecule has 1 aromatic heterocycles. The SMILES string of the molecule is Cc1ccc(C(=O)c2ncn(C/C=C/c3cccc(C(=O)N[C@H](C(=O)O)C(C)C)c3)n2)cc1. The number of carbonyl (C=O) groups excluding carboxylic acids is 2. The monoisotopic (exact) mass is 446 g/mol. The Morgan fingerprint density at radius 1 is 1.09 bits per heavy atom. The van der Waals surface area contributed by atoms with Gasteiger partial charge in [-0.15, -0.1) is 5.10 Å². The molecule has 1 atom stereocenters. The van der Waals surface area contributed by atoms with Crippen LogP contribution in [0.15, 0.2) is 60.9 Å². The lowest BCUT2D eigenvalue weighted by Gasteiger charge is -2.17. The molecule has 0 fully saturated rings. The molecule has 0 saturated carbocycles. The van der Waals surface area contributed by atoms with Crippen molar-refractivity contribution in [2.45, 2.75) is 33.4 Å². The summed E-state index contributed by atoms with van der Waals surface area (Å²) in [4.78, 5) is 40.4. The lowest BCUT2D eigenvalue weighted by atomic mass is 10.0. The number of aromatic nitrogens is 3. The number of rotatable bonds is 9. The highest BCUT2D eigenvalue weighted by Crippen LogP contribution is 2.11. The Morgan fingerprint density at radius 2 is 1.82 bits per heavy atom. The summed E-state index contributed by atoms with van der Waals surface area (Å²) >= 11 is 0. The molecular formula is C25H26N4O4. The first-order valence-electron chi connectivity index (χ1n) is 10.6. The highest BCUT2D eigenvalue weighted by atomic mass is 16.4. The second-order valence-electron chi connectivity index (χ2n) is 8.05. The molecule has 0 aliphatic carbocycles. The third-order valence-electron chi connectivity index (χ3n) is 5.02. The van der Waals surface area contributed by atoms with Gasteiger partial charge in [0.05, 0.1) is 6.54 Å². The van der Waals surface area contributed by atoms with Crippen LogP contribution in [0.1, 0.15) is 51.5 Å². The quantitative estimate of drug-likeness (QED) is 0.487. The maximum atomic E-state index is 12.5. The van der Waals surface area contributed by atoms with E-state index in [0.29, 0.717) is 17.7 Å². The Morgan fingerprint density at radius 3 is 2.48 bits per heavy atom. The van der Waals surface area contributed by atoms with Gasteiger partial charge in [-0.1, -0.05) is 68.0 Å². The van der Waals surface area contributed by atoms with Crippen molar-refractivity contribution in [3.8, 4) is 0 Å². The summed E-state index contributed by atoms with van der Waals surface area (Å²) < 4.78 is 1.55. The van der Waals surface area contributed by atoms with Gasteiger partial charge in [-0.3, -0.25) is 9.59 Å². The largest absolute Gasteiger partial charge is 0.480 e. The predicted octanol–water partition coefficient (Wildman–Crippen LogP) is 3.37. The molecule has 0 saturated heterocycles. The lowest BCUT2D eigenvalue weighted by molar-refractivity contribution is -0.140. The molecule has 33 heavy (non-hydrogen) atoms. The summed E-state index contributed by atoms with van der Waals surface area (Å²) in [6, 6.07) is 13.2. The fourth-order valence-corrected chi connectivity index (χ4v) is 3.14. The molecule has 8 heteroatoms. The minimum atomic E-state index is -1.07. The number of carboxylic acids is 1. The van der Waals surface area contributed by atoms with E-state index < -0.39 is 17.9 Å². The molecule has 2 aromatic carbocycles. The van der Waals surface area contributed by atoms with Gasteiger partial charge in [-0.25, -0.2) is 14.5 Å². The molecule has 170 valence electrons. The van der Waals surface area contributed by atoms with Crippen molar-refractivity contribution >= 4 is 23.7 Å². The number of allylic oxidation sites excluding steroid dienone is 1. The molecule has 1 amide bonds. The van der Waals surface area contributed by atoms with Crippen molar-refractivity contribution in [1.82, 2.24) is 20.1 Å². The van der Waals surface area contributed by atoms with E-state index in [9.17, 15) is 19.5 Å². The van der Waals surface area contributed by atoms with Crippen molar-refractivity contribution in [3.05, 3.63) is 89.0 Å². The molecule has 0 radical (unpaired) electrons. The summed E-state index contributed by atoms with van der Waals surface area (Å²) in [5.41, 5.74) is 2.75. The predicted molar refractivity (Wildman–Crippen MR) is 124 cm³/mol. The Hall–Kier alpha value is -4.07. The van der Waals surface area contributed by atoms with Crippen LogP contribution in [0.2, 0.25) is 0 Å². The maximum Gasteiger partial charge on any atom is 0.326 e. The number of nitrogens with one attached hydrogen (secondary N) is 1. The van der Waals surface area contributed by atoms with E-state index in [1.54, 1.807) is 48.9 Å². The molecule has 0 aliphatic rings. The standard InChI is InChI=1S/C25H26N4O4/c1-16(2)21(25(32)33)27-24(31)20-8-4-6-18(14-20)7-5-13-29-15-26-23(28-29)22(30)19-11-9-17(3)10-12-19/h4-12,14-16,21H,13H2,1-3H3,(H,27,31)(H,32,33)/b7-5+/t21-/m0/s1. The van der Waals surface area contributed by atoms with Crippen molar-refractivity contribution in [1.29, 1.82) is 0 Å². The fourth-order valence-electron chi connectivity index (χ4n) is 3.14. The summed E-state index contributed by atoms with van der Waals surface area (Å²) in [7, 11) is 0. The van der Waals surface area contributed by atoms with Crippen LogP contribution in [0.4, 0.5) is 0 Å². The van der Waals surface area contributed by atoms with Crippen LogP contribution in [-0.4, -0.2) is 43.6 Å². The molecular weight excluding hydrogens is 420 g/mol. The van der Waals surface area contributed by atoms with Gasteiger partial charge in [0, 0.05) is 11.1 Å². The number of benzene rings is 2. The first-order valence-corrected chi connectivity index (χ1v) is 10.6.